The van der Waals surface area contributed by atoms with Crippen molar-refractivity contribution in [1.82, 2.24) is 20.9 Å². The zero-order valence-electron chi connectivity index (χ0n) is 12.4. The molecule has 1 aromatic carbocycles. The van der Waals surface area contributed by atoms with Crippen LogP contribution in [0.5, 0.6) is 0 Å². The van der Waals surface area contributed by atoms with Crippen LogP contribution in [0.3, 0.4) is 0 Å². The zero-order valence-corrected chi connectivity index (χ0v) is 12.4. The molecule has 0 radical (unpaired) electrons. The number of aromatic nitrogens is 1. The fourth-order valence-electron chi connectivity index (χ4n) is 2.18. The number of amides is 1. The third-order valence-corrected chi connectivity index (χ3v) is 3.31. The van der Waals surface area contributed by atoms with E-state index in [-0.39, 0.29) is 5.91 Å². The highest BCUT2D eigenvalue weighted by molar-refractivity contribution is 5.84. The molecule has 2 aromatic rings. The Hall–Kier alpha value is -1.98. The molecule has 0 spiro atoms. The van der Waals surface area contributed by atoms with E-state index < -0.39 is 0 Å². The quantitative estimate of drug-likeness (QED) is 0.635. The van der Waals surface area contributed by atoms with Crippen LogP contribution in [-0.2, 0) is 11.3 Å². The predicted octanol–water partition coefficient (Wildman–Crippen LogP) is 1.05. The lowest BCUT2D eigenvalue weighted by Crippen LogP contribution is -2.32. The summed E-state index contributed by atoms with van der Waals surface area (Å²) in [6.07, 6.45) is 4.21. The number of rotatable bonds is 8. The van der Waals surface area contributed by atoms with Crippen LogP contribution >= 0.6 is 0 Å². The molecule has 0 aliphatic heterocycles. The predicted molar refractivity (Wildman–Crippen MR) is 85.0 cm³/mol. The van der Waals surface area contributed by atoms with Gasteiger partial charge in [0.05, 0.1) is 0 Å². The summed E-state index contributed by atoms with van der Waals surface area (Å²) in [4.78, 5) is 15.6. The van der Waals surface area contributed by atoms with E-state index in [9.17, 15) is 4.79 Å². The van der Waals surface area contributed by atoms with Crippen LogP contribution in [0.2, 0.25) is 0 Å². The number of carbonyl (C=O) groups excluding carboxylic acids is 1. The summed E-state index contributed by atoms with van der Waals surface area (Å²) < 4.78 is 0. The van der Waals surface area contributed by atoms with E-state index in [1.807, 2.05) is 31.6 Å². The first-order valence-corrected chi connectivity index (χ1v) is 7.25. The number of benzene rings is 1. The van der Waals surface area contributed by atoms with Crippen LogP contribution in [-0.4, -0.2) is 37.6 Å². The number of pyridine rings is 1. The first kappa shape index (κ1) is 15.4. The molecule has 21 heavy (non-hydrogen) atoms. The fourth-order valence-corrected chi connectivity index (χ4v) is 2.18. The summed E-state index contributed by atoms with van der Waals surface area (Å²) in [6.45, 7) is 2.90. The first-order valence-electron chi connectivity index (χ1n) is 7.25. The van der Waals surface area contributed by atoms with Crippen molar-refractivity contribution in [3.63, 3.8) is 0 Å². The van der Waals surface area contributed by atoms with E-state index in [1.165, 1.54) is 10.9 Å². The smallest absolute Gasteiger partial charge is 0.221 e. The molecule has 3 N–H and O–H groups in total. The normalized spacial score (nSPS) is 10.7. The molecule has 0 saturated carbocycles. The largest absolute Gasteiger partial charge is 0.355 e. The molecule has 0 aliphatic rings. The molecule has 2 rings (SSSR count). The van der Waals surface area contributed by atoms with E-state index >= 15 is 0 Å². The molecule has 1 aromatic heterocycles. The number of hydrogen-bond acceptors (Lipinski definition) is 4. The molecule has 0 saturated heterocycles. The number of nitrogens with zero attached hydrogens (tertiary/aromatic N) is 1. The van der Waals surface area contributed by atoms with Gasteiger partial charge in [0.15, 0.2) is 0 Å². The standard InChI is InChI=1S/C16H22N4O/c1-17-7-6-16(21)20-10-9-19-12-14-4-2-3-13-11-18-8-5-15(13)14/h2-5,8,11,17,19H,6-7,9-10,12H2,1H3,(H,20,21). The summed E-state index contributed by atoms with van der Waals surface area (Å²) >= 11 is 0. The van der Waals surface area contributed by atoms with Gasteiger partial charge in [-0.1, -0.05) is 18.2 Å². The van der Waals surface area contributed by atoms with Gasteiger partial charge in [0.1, 0.15) is 0 Å². The lowest BCUT2D eigenvalue weighted by Gasteiger charge is -2.09. The van der Waals surface area contributed by atoms with Gasteiger partial charge in [-0.05, 0) is 24.1 Å². The van der Waals surface area contributed by atoms with Crippen molar-refractivity contribution in [1.29, 1.82) is 0 Å². The van der Waals surface area contributed by atoms with E-state index in [0.717, 1.165) is 18.5 Å². The van der Waals surface area contributed by atoms with Gasteiger partial charge in [0.25, 0.3) is 0 Å². The van der Waals surface area contributed by atoms with Crippen LogP contribution in [0.1, 0.15) is 12.0 Å². The van der Waals surface area contributed by atoms with Gasteiger partial charge in [-0.25, -0.2) is 0 Å². The van der Waals surface area contributed by atoms with Gasteiger partial charge in [0, 0.05) is 50.4 Å². The minimum Gasteiger partial charge on any atom is -0.355 e. The van der Waals surface area contributed by atoms with E-state index in [4.69, 9.17) is 0 Å². The minimum absolute atomic E-state index is 0.0855. The maximum Gasteiger partial charge on any atom is 0.221 e. The van der Waals surface area contributed by atoms with Gasteiger partial charge >= 0.3 is 0 Å². The van der Waals surface area contributed by atoms with Gasteiger partial charge in [-0.15, -0.1) is 0 Å². The van der Waals surface area contributed by atoms with Gasteiger partial charge in [0.2, 0.25) is 5.91 Å². The minimum atomic E-state index is 0.0855. The lowest BCUT2D eigenvalue weighted by molar-refractivity contribution is -0.120. The van der Waals surface area contributed by atoms with Crippen LogP contribution in [0, 0.1) is 0 Å². The number of hydrogen-bond donors (Lipinski definition) is 3. The third-order valence-electron chi connectivity index (χ3n) is 3.31. The Kier molecular flexibility index (Phi) is 6.12. The van der Waals surface area contributed by atoms with Crippen molar-refractivity contribution in [2.75, 3.05) is 26.7 Å². The lowest BCUT2D eigenvalue weighted by atomic mass is 10.1. The molecule has 0 unspecified atom stereocenters. The molecule has 0 fully saturated rings. The third kappa shape index (κ3) is 4.81. The first-order chi connectivity index (χ1) is 10.3. The Morgan fingerprint density at radius 2 is 2.10 bits per heavy atom. The molecule has 1 amide bonds. The average Bonchev–Trinajstić information content (AvgIpc) is 2.52. The summed E-state index contributed by atoms with van der Waals surface area (Å²) in [7, 11) is 1.84. The molecule has 1 heterocycles. The van der Waals surface area contributed by atoms with Crippen molar-refractivity contribution in [3.8, 4) is 0 Å². The summed E-state index contributed by atoms with van der Waals surface area (Å²) in [6, 6.07) is 8.25. The average molecular weight is 286 g/mol. The second-order valence-electron chi connectivity index (χ2n) is 4.89. The molecule has 0 aliphatic carbocycles. The fraction of sp³-hybridized carbons (Fsp3) is 0.375. The summed E-state index contributed by atoms with van der Waals surface area (Å²) in [5.74, 6) is 0.0855. The molecule has 0 bridgehead atoms. The highest BCUT2D eigenvalue weighted by atomic mass is 16.1. The molecule has 5 nitrogen and oxygen atoms in total. The van der Waals surface area contributed by atoms with Crippen LogP contribution < -0.4 is 16.0 Å². The van der Waals surface area contributed by atoms with Crippen molar-refractivity contribution in [2.24, 2.45) is 0 Å². The Balaban J connectivity index is 1.74. The monoisotopic (exact) mass is 286 g/mol. The molecular weight excluding hydrogens is 264 g/mol. The molecule has 0 atom stereocenters. The van der Waals surface area contributed by atoms with Crippen LogP contribution in [0.4, 0.5) is 0 Å². The van der Waals surface area contributed by atoms with Crippen LogP contribution in [0.15, 0.2) is 36.7 Å². The van der Waals surface area contributed by atoms with E-state index in [1.54, 1.807) is 0 Å². The Labute approximate surface area is 125 Å². The summed E-state index contributed by atoms with van der Waals surface area (Å²) in [5, 5.41) is 11.6. The van der Waals surface area contributed by atoms with Gasteiger partial charge in [-0.2, -0.15) is 0 Å². The van der Waals surface area contributed by atoms with Gasteiger partial charge < -0.3 is 16.0 Å². The number of carbonyl (C=O) groups is 1. The highest BCUT2D eigenvalue weighted by Gasteiger charge is 2.01. The number of fused-ring (bicyclic) bond motifs is 1. The number of nitrogens with one attached hydrogen (secondary N) is 3. The maximum atomic E-state index is 11.4. The SMILES string of the molecule is CNCCC(=O)NCCNCc1cccc2cnccc12. The van der Waals surface area contributed by atoms with Crippen molar-refractivity contribution >= 4 is 16.7 Å². The molecular formula is C16H22N4O. The van der Waals surface area contributed by atoms with E-state index in [0.29, 0.717) is 19.5 Å². The maximum absolute atomic E-state index is 11.4. The Bertz CT molecular complexity index is 580. The van der Waals surface area contributed by atoms with E-state index in [2.05, 4.69) is 33.1 Å². The highest BCUT2D eigenvalue weighted by Crippen LogP contribution is 2.16. The molecule has 5 heteroatoms. The van der Waals surface area contributed by atoms with Crippen molar-refractivity contribution in [3.05, 3.63) is 42.2 Å². The Morgan fingerprint density at radius 1 is 1.19 bits per heavy atom. The second-order valence-corrected chi connectivity index (χ2v) is 4.89. The zero-order chi connectivity index (χ0) is 14.9. The van der Waals surface area contributed by atoms with Crippen LogP contribution in [0.25, 0.3) is 10.8 Å². The van der Waals surface area contributed by atoms with Crippen molar-refractivity contribution < 1.29 is 4.79 Å². The van der Waals surface area contributed by atoms with Gasteiger partial charge in [-0.3, -0.25) is 9.78 Å². The Morgan fingerprint density at radius 3 is 2.95 bits per heavy atom. The second kappa shape index (κ2) is 8.34. The topological polar surface area (TPSA) is 66.1 Å². The summed E-state index contributed by atoms with van der Waals surface area (Å²) in [5.41, 5.74) is 1.25. The van der Waals surface area contributed by atoms with Crippen molar-refractivity contribution in [2.45, 2.75) is 13.0 Å². The molecule has 112 valence electrons.